The van der Waals surface area contributed by atoms with E-state index in [1.165, 1.54) is 0 Å². The molecule has 1 nitrogen and oxygen atoms in total. The number of halogens is 2. The molecule has 0 spiro atoms. The molecule has 0 radical (unpaired) electrons. The van der Waals surface area contributed by atoms with E-state index in [-0.39, 0.29) is 0 Å². The van der Waals surface area contributed by atoms with Crippen LogP contribution in [0.3, 0.4) is 0 Å². The summed E-state index contributed by atoms with van der Waals surface area (Å²) < 4.78 is 0.953. The van der Waals surface area contributed by atoms with Crippen LogP contribution in [0.4, 0.5) is 0 Å². The molecule has 76 valence electrons. The van der Waals surface area contributed by atoms with Crippen molar-refractivity contribution in [1.82, 2.24) is 0 Å². The van der Waals surface area contributed by atoms with Crippen molar-refractivity contribution in [3.05, 3.63) is 38.8 Å². The first-order valence-corrected chi connectivity index (χ1v) is 5.49. The number of benzene rings is 1. The Morgan fingerprint density at radius 3 is 2.71 bits per heavy atom. The second-order valence-electron chi connectivity index (χ2n) is 3.23. The molecule has 0 saturated heterocycles. The van der Waals surface area contributed by atoms with Crippen LogP contribution < -0.4 is 0 Å². The Bertz CT molecular complexity index is 358. The molecule has 1 unspecified atom stereocenters. The summed E-state index contributed by atoms with van der Waals surface area (Å²) in [6.07, 6.45) is 1.45. The van der Waals surface area contributed by atoms with Crippen molar-refractivity contribution in [3.63, 3.8) is 0 Å². The van der Waals surface area contributed by atoms with Gasteiger partial charge in [-0.3, -0.25) is 0 Å². The van der Waals surface area contributed by atoms with Gasteiger partial charge in [0.1, 0.15) is 0 Å². The molecule has 0 aliphatic carbocycles. The Hall–Kier alpha value is -0.310. The normalized spacial score (nSPS) is 14.2. The summed E-state index contributed by atoms with van der Waals surface area (Å²) >= 11 is 9.36. The Balaban J connectivity index is 3.03. The van der Waals surface area contributed by atoms with Crippen molar-refractivity contribution in [3.8, 4) is 0 Å². The summed E-state index contributed by atoms with van der Waals surface area (Å²) in [7, 11) is 0. The van der Waals surface area contributed by atoms with Crippen LogP contribution in [0.1, 0.15) is 19.4 Å². The summed E-state index contributed by atoms with van der Waals surface area (Å²) in [5, 5.41) is 9.99. The van der Waals surface area contributed by atoms with Gasteiger partial charge in [-0.25, -0.2) is 0 Å². The van der Waals surface area contributed by atoms with E-state index >= 15 is 0 Å². The van der Waals surface area contributed by atoms with E-state index in [1.807, 2.05) is 31.2 Å². The molecular weight excluding hydrogens is 263 g/mol. The molecule has 14 heavy (non-hydrogen) atoms. The van der Waals surface area contributed by atoms with E-state index in [0.717, 1.165) is 15.6 Å². The van der Waals surface area contributed by atoms with Crippen molar-refractivity contribution in [2.24, 2.45) is 0 Å². The number of aliphatic hydroxyl groups excluding tert-OH is 1. The van der Waals surface area contributed by atoms with Crippen molar-refractivity contribution < 1.29 is 5.11 Å². The van der Waals surface area contributed by atoms with Crippen LogP contribution in [-0.4, -0.2) is 11.2 Å². The van der Waals surface area contributed by atoms with E-state index < -0.39 is 6.10 Å². The molecule has 0 heterocycles. The Kier molecular flexibility index (Phi) is 4.17. The molecule has 3 heteroatoms. The number of aliphatic hydroxyl groups is 1. The molecule has 1 atom stereocenters. The maximum Gasteiger partial charge on any atom is 0.0722 e. The lowest BCUT2D eigenvalue weighted by atomic mass is 10.1. The molecule has 0 aliphatic heterocycles. The molecule has 0 bridgehead atoms. The van der Waals surface area contributed by atoms with Crippen molar-refractivity contribution in [2.45, 2.75) is 20.0 Å². The molecule has 0 amide bonds. The molecule has 0 aromatic heterocycles. The van der Waals surface area contributed by atoms with Gasteiger partial charge in [-0.15, -0.1) is 0 Å². The first kappa shape index (κ1) is 11.8. The minimum Gasteiger partial charge on any atom is -0.389 e. The summed E-state index contributed by atoms with van der Waals surface area (Å²) in [6, 6.07) is 5.67. The predicted octanol–water partition coefficient (Wildman–Crippen LogP) is 3.89. The highest BCUT2D eigenvalue weighted by atomic mass is 79.9. The largest absolute Gasteiger partial charge is 0.389 e. The Labute approximate surface area is 97.5 Å². The smallest absolute Gasteiger partial charge is 0.0722 e. The first-order valence-electron chi connectivity index (χ1n) is 4.32. The minimum absolute atomic E-state index is 0.435. The van der Waals surface area contributed by atoms with E-state index in [2.05, 4.69) is 15.9 Å². The standard InChI is InChI=1S/C11H12BrClO/c1-7(8(2)14)5-9-3-4-10(12)6-11(9)13/h3-6,8,14H,1-2H3/b7-5+. The highest BCUT2D eigenvalue weighted by Crippen LogP contribution is 2.23. The fourth-order valence-electron chi connectivity index (χ4n) is 0.984. The topological polar surface area (TPSA) is 20.2 Å². The maximum atomic E-state index is 9.31. The lowest BCUT2D eigenvalue weighted by Gasteiger charge is -2.05. The van der Waals surface area contributed by atoms with Crippen LogP contribution in [-0.2, 0) is 0 Å². The average molecular weight is 276 g/mol. The zero-order chi connectivity index (χ0) is 10.7. The Morgan fingerprint density at radius 2 is 2.21 bits per heavy atom. The average Bonchev–Trinajstić information content (AvgIpc) is 2.09. The van der Waals surface area contributed by atoms with Crippen LogP contribution in [0.5, 0.6) is 0 Å². The van der Waals surface area contributed by atoms with E-state index in [1.54, 1.807) is 6.92 Å². The molecule has 0 fully saturated rings. The van der Waals surface area contributed by atoms with Crippen LogP contribution in [0.25, 0.3) is 6.08 Å². The van der Waals surface area contributed by atoms with Gasteiger partial charge in [-0.1, -0.05) is 39.7 Å². The second kappa shape index (κ2) is 4.96. The molecule has 1 aromatic carbocycles. The fourth-order valence-corrected chi connectivity index (χ4v) is 1.71. The zero-order valence-electron chi connectivity index (χ0n) is 8.09. The highest BCUT2D eigenvalue weighted by molar-refractivity contribution is 9.10. The van der Waals surface area contributed by atoms with E-state index in [9.17, 15) is 5.11 Å². The predicted molar refractivity (Wildman–Crippen MR) is 64.5 cm³/mol. The molecule has 1 rings (SSSR count). The van der Waals surface area contributed by atoms with Crippen LogP contribution in [0, 0.1) is 0 Å². The van der Waals surface area contributed by atoms with Gasteiger partial charge in [0.2, 0.25) is 0 Å². The van der Waals surface area contributed by atoms with Gasteiger partial charge in [0.25, 0.3) is 0 Å². The van der Waals surface area contributed by atoms with Gasteiger partial charge in [0.05, 0.1) is 6.10 Å². The number of hydrogen-bond acceptors (Lipinski definition) is 1. The van der Waals surface area contributed by atoms with Gasteiger partial charge >= 0.3 is 0 Å². The van der Waals surface area contributed by atoms with Crippen molar-refractivity contribution in [1.29, 1.82) is 0 Å². The third-order valence-electron chi connectivity index (χ3n) is 2.00. The molecule has 0 saturated carbocycles. The molecular formula is C11H12BrClO. The molecule has 1 N–H and O–H groups in total. The molecule has 1 aromatic rings. The SMILES string of the molecule is C/C(=C\c1ccc(Br)cc1Cl)C(C)O. The van der Waals surface area contributed by atoms with Gasteiger partial charge < -0.3 is 5.11 Å². The Morgan fingerprint density at radius 1 is 1.57 bits per heavy atom. The quantitative estimate of drug-likeness (QED) is 0.868. The van der Waals surface area contributed by atoms with Crippen molar-refractivity contribution >= 4 is 33.6 Å². The van der Waals surface area contributed by atoms with Crippen LogP contribution in [0.2, 0.25) is 5.02 Å². The van der Waals surface area contributed by atoms with Gasteiger partial charge in [0.15, 0.2) is 0 Å². The van der Waals surface area contributed by atoms with E-state index in [0.29, 0.717) is 5.02 Å². The van der Waals surface area contributed by atoms with Crippen molar-refractivity contribution in [2.75, 3.05) is 0 Å². The fraction of sp³-hybridized carbons (Fsp3) is 0.273. The lowest BCUT2D eigenvalue weighted by Crippen LogP contribution is -2.00. The highest BCUT2D eigenvalue weighted by Gasteiger charge is 2.01. The maximum absolute atomic E-state index is 9.31. The summed E-state index contributed by atoms with van der Waals surface area (Å²) in [4.78, 5) is 0. The van der Waals surface area contributed by atoms with Gasteiger partial charge in [0, 0.05) is 9.50 Å². The van der Waals surface area contributed by atoms with Gasteiger partial charge in [-0.2, -0.15) is 0 Å². The zero-order valence-corrected chi connectivity index (χ0v) is 10.4. The number of rotatable bonds is 2. The summed E-state index contributed by atoms with van der Waals surface area (Å²) in [5.74, 6) is 0. The van der Waals surface area contributed by atoms with Crippen LogP contribution >= 0.6 is 27.5 Å². The second-order valence-corrected chi connectivity index (χ2v) is 4.55. The first-order chi connectivity index (χ1) is 6.50. The summed E-state index contributed by atoms with van der Waals surface area (Å²) in [6.45, 7) is 3.61. The monoisotopic (exact) mass is 274 g/mol. The lowest BCUT2D eigenvalue weighted by molar-refractivity contribution is 0.232. The number of hydrogen-bond donors (Lipinski definition) is 1. The van der Waals surface area contributed by atoms with E-state index in [4.69, 9.17) is 11.6 Å². The minimum atomic E-state index is -0.435. The van der Waals surface area contributed by atoms with Gasteiger partial charge in [-0.05, 0) is 37.1 Å². The third-order valence-corrected chi connectivity index (χ3v) is 2.83. The van der Waals surface area contributed by atoms with Crippen LogP contribution in [0.15, 0.2) is 28.2 Å². The summed E-state index contributed by atoms with van der Waals surface area (Å²) in [5.41, 5.74) is 1.82. The molecule has 0 aliphatic rings. The third kappa shape index (κ3) is 3.12.